The summed E-state index contributed by atoms with van der Waals surface area (Å²) < 4.78 is 0. The summed E-state index contributed by atoms with van der Waals surface area (Å²) in [5.41, 5.74) is 0.538. The second-order valence-corrected chi connectivity index (χ2v) is 4.77. The number of hydrogen-bond acceptors (Lipinski definition) is 4. The average molecular weight is 288 g/mol. The Morgan fingerprint density at radius 1 is 1.00 bits per heavy atom. The van der Waals surface area contributed by atoms with E-state index in [9.17, 15) is 19.2 Å². The normalized spacial score (nSPS) is 23.9. The van der Waals surface area contributed by atoms with Gasteiger partial charge in [0.15, 0.2) is 0 Å². The molecule has 21 heavy (non-hydrogen) atoms. The van der Waals surface area contributed by atoms with E-state index in [1.165, 1.54) is 0 Å². The number of carbonyl (C=O) groups is 4. The molecule has 0 aromatic rings. The van der Waals surface area contributed by atoms with Gasteiger partial charge < -0.3 is 0 Å². The number of imide groups is 2. The minimum Gasteiger partial charge on any atom is -0.295 e. The van der Waals surface area contributed by atoms with Crippen molar-refractivity contribution >= 4 is 23.6 Å². The second kappa shape index (κ2) is 5.87. The second-order valence-electron chi connectivity index (χ2n) is 4.77. The number of allylic oxidation sites excluding steroid dienone is 2. The Labute approximate surface area is 122 Å². The van der Waals surface area contributed by atoms with E-state index >= 15 is 0 Å². The maximum atomic E-state index is 12.4. The lowest BCUT2D eigenvalue weighted by Crippen LogP contribution is -2.54. The lowest BCUT2D eigenvalue weighted by atomic mass is 10.0. The number of hydrogen-bond donors (Lipinski definition) is 1. The Hall–Kier alpha value is -2.50. The molecule has 2 heterocycles. The van der Waals surface area contributed by atoms with Crippen molar-refractivity contribution in [1.82, 2.24) is 10.2 Å². The highest BCUT2D eigenvalue weighted by molar-refractivity contribution is 6.23. The monoisotopic (exact) mass is 288 g/mol. The molecule has 6 heteroatoms. The van der Waals surface area contributed by atoms with Crippen molar-refractivity contribution in [1.29, 1.82) is 0 Å². The molecule has 1 N–H and O–H groups in total. The van der Waals surface area contributed by atoms with E-state index in [1.54, 1.807) is 38.2 Å². The Kier molecular flexibility index (Phi) is 4.16. The summed E-state index contributed by atoms with van der Waals surface area (Å²) in [6, 6.07) is -0.925. The predicted molar refractivity (Wildman–Crippen MR) is 74.7 cm³/mol. The minimum absolute atomic E-state index is 0.116. The first-order chi connectivity index (χ1) is 10.0. The number of nitrogens with zero attached hydrogens (tertiary/aromatic N) is 1. The fraction of sp³-hybridized carbons (Fsp3) is 0.333. The summed E-state index contributed by atoms with van der Waals surface area (Å²) in [5, 5.41) is 2.16. The van der Waals surface area contributed by atoms with Gasteiger partial charge in [0.2, 0.25) is 11.8 Å². The van der Waals surface area contributed by atoms with Crippen molar-refractivity contribution in [2.24, 2.45) is 0 Å². The number of rotatable bonds is 3. The summed E-state index contributed by atoms with van der Waals surface area (Å²) in [4.78, 5) is 48.8. The summed E-state index contributed by atoms with van der Waals surface area (Å²) in [7, 11) is 0. The zero-order valence-electron chi connectivity index (χ0n) is 11.9. The molecule has 0 spiro atoms. The van der Waals surface area contributed by atoms with Gasteiger partial charge in [-0.25, -0.2) is 0 Å². The van der Waals surface area contributed by atoms with Gasteiger partial charge in [-0.3, -0.25) is 29.4 Å². The Morgan fingerprint density at radius 2 is 1.52 bits per heavy atom. The smallest absolute Gasteiger partial charge is 0.262 e. The third-order valence-corrected chi connectivity index (χ3v) is 3.38. The summed E-state index contributed by atoms with van der Waals surface area (Å²) in [6.45, 7) is 3.49. The molecule has 0 bridgehead atoms. The van der Waals surface area contributed by atoms with E-state index in [2.05, 4.69) is 5.32 Å². The highest BCUT2D eigenvalue weighted by Crippen LogP contribution is 2.27. The maximum Gasteiger partial charge on any atom is 0.262 e. The van der Waals surface area contributed by atoms with Crippen molar-refractivity contribution < 1.29 is 19.2 Å². The Bertz CT molecular complexity index is 579. The van der Waals surface area contributed by atoms with Crippen LogP contribution in [0.25, 0.3) is 0 Å². The molecule has 0 aromatic heterocycles. The van der Waals surface area contributed by atoms with Crippen LogP contribution in [0.2, 0.25) is 0 Å². The molecule has 1 fully saturated rings. The van der Waals surface area contributed by atoms with Crippen LogP contribution in [-0.2, 0) is 19.2 Å². The molecule has 110 valence electrons. The quantitative estimate of drug-likeness (QED) is 0.771. The van der Waals surface area contributed by atoms with E-state index in [-0.39, 0.29) is 29.9 Å². The van der Waals surface area contributed by atoms with Crippen LogP contribution in [0, 0.1) is 0 Å². The van der Waals surface area contributed by atoms with Crippen LogP contribution in [0.3, 0.4) is 0 Å². The van der Waals surface area contributed by atoms with Gasteiger partial charge >= 0.3 is 0 Å². The Balaban J connectivity index is 2.37. The van der Waals surface area contributed by atoms with Crippen molar-refractivity contribution in [2.75, 3.05) is 0 Å². The van der Waals surface area contributed by atoms with Gasteiger partial charge in [0.1, 0.15) is 6.04 Å². The third kappa shape index (κ3) is 2.56. The van der Waals surface area contributed by atoms with Crippen molar-refractivity contribution in [3.8, 4) is 0 Å². The van der Waals surface area contributed by atoms with Gasteiger partial charge in [-0.1, -0.05) is 24.3 Å². The number of nitrogens with one attached hydrogen (secondary N) is 1. The zero-order valence-corrected chi connectivity index (χ0v) is 11.9. The van der Waals surface area contributed by atoms with Crippen LogP contribution in [0.15, 0.2) is 35.5 Å². The fourth-order valence-corrected chi connectivity index (χ4v) is 2.45. The molecule has 1 saturated heterocycles. The fourth-order valence-electron chi connectivity index (χ4n) is 2.45. The van der Waals surface area contributed by atoms with Crippen LogP contribution >= 0.6 is 0 Å². The van der Waals surface area contributed by atoms with Gasteiger partial charge in [0.25, 0.3) is 11.8 Å². The molecular weight excluding hydrogens is 272 g/mol. The SMILES string of the molecule is C/C=C\C1=C(/C=C\C)C(=O)N(C2CCC(=O)NC2=O)C1=O. The van der Waals surface area contributed by atoms with E-state index in [1.807, 2.05) is 0 Å². The number of amides is 4. The van der Waals surface area contributed by atoms with E-state index in [0.29, 0.717) is 0 Å². The van der Waals surface area contributed by atoms with Crippen molar-refractivity contribution in [3.63, 3.8) is 0 Å². The van der Waals surface area contributed by atoms with Gasteiger partial charge in [-0.2, -0.15) is 0 Å². The van der Waals surface area contributed by atoms with Gasteiger partial charge in [0, 0.05) is 6.42 Å². The average Bonchev–Trinajstić information content (AvgIpc) is 2.65. The van der Waals surface area contributed by atoms with Crippen LogP contribution in [0.4, 0.5) is 0 Å². The van der Waals surface area contributed by atoms with Crippen LogP contribution in [0.5, 0.6) is 0 Å². The molecule has 1 unspecified atom stereocenters. The molecule has 1 atom stereocenters. The van der Waals surface area contributed by atoms with E-state index < -0.39 is 23.8 Å². The highest BCUT2D eigenvalue weighted by Gasteiger charge is 2.44. The molecular formula is C15H16N2O4. The predicted octanol–water partition coefficient (Wildman–Crippen LogP) is 0.609. The molecule has 6 nitrogen and oxygen atoms in total. The largest absolute Gasteiger partial charge is 0.295 e. The number of carbonyl (C=O) groups excluding carboxylic acids is 4. The van der Waals surface area contributed by atoms with Crippen molar-refractivity contribution in [2.45, 2.75) is 32.7 Å². The summed E-state index contributed by atoms with van der Waals surface area (Å²) >= 11 is 0. The first kappa shape index (κ1) is 14.9. The lowest BCUT2D eigenvalue weighted by molar-refractivity contribution is -0.149. The molecule has 0 aromatic carbocycles. The van der Waals surface area contributed by atoms with E-state index in [0.717, 1.165) is 4.90 Å². The topological polar surface area (TPSA) is 83.6 Å². The number of piperidine rings is 1. The van der Waals surface area contributed by atoms with Gasteiger partial charge in [-0.05, 0) is 20.3 Å². The molecule has 2 aliphatic heterocycles. The molecule has 0 radical (unpaired) electrons. The maximum absolute atomic E-state index is 12.4. The summed E-state index contributed by atoms with van der Waals surface area (Å²) in [6.07, 6.45) is 6.72. The first-order valence-corrected chi connectivity index (χ1v) is 6.72. The Morgan fingerprint density at radius 3 is 1.95 bits per heavy atom. The molecule has 4 amide bonds. The van der Waals surface area contributed by atoms with Gasteiger partial charge in [0.05, 0.1) is 11.1 Å². The third-order valence-electron chi connectivity index (χ3n) is 3.38. The molecule has 2 rings (SSSR count). The van der Waals surface area contributed by atoms with E-state index in [4.69, 9.17) is 0 Å². The van der Waals surface area contributed by atoms with Crippen molar-refractivity contribution in [3.05, 3.63) is 35.5 Å². The molecule has 0 saturated carbocycles. The standard InChI is InChI=1S/C15H16N2O4/c1-3-5-9-10(6-4-2)15(21)17(14(9)20)11-7-8-12(18)16-13(11)19/h3-6,11H,7-8H2,1-2H3,(H,16,18,19)/b5-3-,6-4-. The molecule has 0 aliphatic carbocycles. The van der Waals surface area contributed by atoms with Gasteiger partial charge in [-0.15, -0.1) is 0 Å². The van der Waals surface area contributed by atoms with Crippen LogP contribution in [0.1, 0.15) is 26.7 Å². The first-order valence-electron chi connectivity index (χ1n) is 6.72. The minimum atomic E-state index is -0.925. The molecule has 2 aliphatic rings. The highest BCUT2D eigenvalue weighted by atomic mass is 16.2. The lowest BCUT2D eigenvalue weighted by Gasteiger charge is -2.28. The summed E-state index contributed by atoms with van der Waals surface area (Å²) in [5.74, 6) is -1.98. The zero-order chi connectivity index (χ0) is 15.6. The van der Waals surface area contributed by atoms with Crippen LogP contribution in [-0.4, -0.2) is 34.6 Å². The van der Waals surface area contributed by atoms with Crippen LogP contribution < -0.4 is 5.32 Å².